The van der Waals surface area contributed by atoms with Gasteiger partial charge in [0, 0.05) is 11.3 Å². The summed E-state index contributed by atoms with van der Waals surface area (Å²) in [5.41, 5.74) is 1.58. The number of nitrogens with zero attached hydrogens (tertiary/aromatic N) is 1. The minimum atomic E-state index is -1.03. The molecule has 1 unspecified atom stereocenters. The Morgan fingerprint density at radius 1 is 1.05 bits per heavy atom. The predicted molar refractivity (Wildman–Crippen MR) is 77.8 cm³/mol. The highest BCUT2D eigenvalue weighted by molar-refractivity contribution is 6.11. The quantitative estimate of drug-likeness (QED) is 0.940. The first-order chi connectivity index (χ1) is 10.2. The molecule has 3 rings (SSSR count). The topological polar surface area (TPSA) is 59.0 Å². The zero-order valence-corrected chi connectivity index (χ0v) is 11.7. The second kappa shape index (κ2) is 5.10. The van der Waals surface area contributed by atoms with E-state index in [1.54, 1.807) is 24.3 Å². The lowest BCUT2D eigenvalue weighted by molar-refractivity contribution is 0.0935. The number of methoxy groups -OCH3 is 2. The lowest BCUT2D eigenvalue weighted by Crippen LogP contribution is -2.27. The fourth-order valence-corrected chi connectivity index (χ4v) is 2.52. The van der Waals surface area contributed by atoms with Gasteiger partial charge in [0.2, 0.25) is 0 Å². The van der Waals surface area contributed by atoms with Gasteiger partial charge in [0.1, 0.15) is 0 Å². The number of ether oxygens (including phenoxy) is 2. The third-order valence-corrected chi connectivity index (χ3v) is 3.56. The number of rotatable bonds is 3. The summed E-state index contributed by atoms with van der Waals surface area (Å²) in [5, 5.41) is 10.5. The van der Waals surface area contributed by atoms with Crippen LogP contribution in [0, 0.1) is 0 Å². The third-order valence-electron chi connectivity index (χ3n) is 3.56. The summed E-state index contributed by atoms with van der Waals surface area (Å²) in [6.45, 7) is 0. The molecule has 0 saturated carbocycles. The Balaban J connectivity index is 2.10. The maximum absolute atomic E-state index is 12.5. The number of benzene rings is 2. The Morgan fingerprint density at radius 2 is 1.67 bits per heavy atom. The van der Waals surface area contributed by atoms with Crippen molar-refractivity contribution >= 4 is 11.6 Å². The summed E-state index contributed by atoms with van der Waals surface area (Å²) in [4.78, 5) is 13.9. The van der Waals surface area contributed by atoms with Gasteiger partial charge in [-0.1, -0.05) is 18.2 Å². The van der Waals surface area contributed by atoms with Crippen molar-refractivity contribution in [1.82, 2.24) is 0 Å². The van der Waals surface area contributed by atoms with Gasteiger partial charge in [-0.2, -0.15) is 0 Å². The van der Waals surface area contributed by atoms with Gasteiger partial charge >= 0.3 is 0 Å². The third kappa shape index (κ3) is 2.02. The molecule has 108 valence electrons. The van der Waals surface area contributed by atoms with Crippen LogP contribution in [0.25, 0.3) is 0 Å². The molecule has 0 spiro atoms. The largest absolute Gasteiger partial charge is 0.493 e. The lowest BCUT2D eigenvalue weighted by atomic mass is 10.1. The van der Waals surface area contributed by atoms with Gasteiger partial charge in [0.05, 0.1) is 19.8 Å². The van der Waals surface area contributed by atoms with Gasteiger partial charge < -0.3 is 14.6 Å². The molecule has 2 aromatic rings. The molecule has 1 atom stereocenters. The molecule has 0 aliphatic carbocycles. The molecule has 0 saturated heterocycles. The number of aliphatic hydroxyl groups excluding tert-OH is 1. The van der Waals surface area contributed by atoms with Gasteiger partial charge in [-0.25, -0.2) is 0 Å². The highest BCUT2D eigenvalue weighted by Crippen LogP contribution is 2.41. The molecule has 0 radical (unpaired) electrons. The highest BCUT2D eigenvalue weighted by atomic mass is 16.5. The van der Waals surface area contributed by atoms with E-state index in [2.05, 4.69) is 0 Å². The molecule has 1 N–H and O–H groups in total. The van der Waals surface area contributed by atoms with Crippen molar-refractivity contribution in [2.75, 3.05) is 19.1 Å². The maximum atomic E-state index is 12.5. The number of carbonyl (C=O) groups is 1. The second-order valence-electron chi connectivity index (χ2n) is 4.68. The molecular weight excluding hydrogens is 270 g/mol. The zero-order valence-electron chi connectivity index (χ0n) is 11.7. The van der Waals surface area contributed by atoms with E-state index in [-0.39, 0.29) is 5.91 Å². The number of fused-ring (bicyclic) bond motifs is 1. The SMILES string of the molecule is COc1cc2c(cc1OC)C(O)N(c1ccccc1)C2=O. The Kier molecular flexibility index (Phi) is 3.27. The molecule has 5 nitrogen and oxygen atoms in total. The second-order valence-corrected chi connectivity index (χ2v) is 4.68. The molecule has 1 aliphatic rings. The summed E-state index contributed by atoms with van der Waals surface area (Å²) >= 11 is 0. The average molecular weight is 285 g/mol. The number of carbonyl (C=O) groups excluding carboxylic acids is 1. The zero-order chi connectivity index (χ0) is 15.0. The Hall–Kier alpha value is -2.53. The lowest BCUT2D eigenvalue weighted by Gasteiger charge is -2.20. The van der Waals surface area contributed by atoms with Gasteiger partial charge in [-0.15, -0.1) is 0 Å². The van der Waals surface area contributed by atoms with Crippen LogP contribution < -0.4 is 14.4 Å². The van der Waals surface area contributed by atoms with Crippen LogP contribution in [-0.4, -0.2) is 25.2 Å². The van der Waals surface area contributed by atoms with E-state index in [1.807, 2.05) is 18.2 Å². The van der Waals surface area contributed by atoms with Crippen molar-refractivity contribution < 1.29 is 19.4 Å². The van der Waals surface area contributed by atoms with E-state index in [0.29, 0.717) is 28.3 Å². The van der Waals surface area contributed by atoms with Crippen molar-refractivity contribution in [2.24, 2.45) is 0 Å². The summed E-state index contributed by atoms with van der Waals surface area (Å²) < 4.78 is 10.4. The van der Waals surface area contributed by atoms with E-state index in [4.69, 9.17) is 9.47 Å². The normalized spacial score (nSPS) is 16.8. The van der Waals surface area contributed by atoms with Crippen molar-refractivity contribution in [3.8, 4) is 11.5 Å². The van der Waals surface area contributed by atoms with Gasteiger partial charge in [-0.3, -0.25) is 9.69 Å². The van der Waals surface area contributed by atoms with Crippen molar-refractivity contribution in [3.63, 3.8) is 0 Å². The van der Waals surface area contributed by atoms with Gasteiger partial charge in [0.15, 0.2) is 17.7 Å². The summed E-state index contributed by atoms with van der Waals surface area (Å²) in [6.07, 6.45) is -1.03. The van der Waals surface area contributed by atoms with Crippen molar-refractivity contribution in [1.29, 1.82) is 0 Å². The Bertz CT molecular complexity index is 684. The molecule has 5 heteroatoms. The van der Waals surface area contributed by atoms with Crippen LogP contribution in [-0.2, 0) is 0 Å². The van der Waals surface area contributed by atoms with Crippen LogP contribution in [0.3, 0.4) is 0 Å². The van der Waals surface area contributed by atoms with E-state index in [1.165, 1.54) is 19.1 Å². The van der Waals surface area contributed by atoms with Gasteiger partial charge in [-0.05, 0) is 24.3 Å². The molecule has 21 heavy (non-hydrogen) atoms. The van der Waals surface area contributed by atoms with E-state index in [0.717, 1.165) is 0 Å². The fraction of sp³-hybridized carbons (Fsp3) is 0.188. The minimum Gasteiger partial charge on any atom is -0.493 e. The van der Waals surface area contributed by atoms with Crippen LogP contribution in [0.15, 0.2) is 42.5 Å². The van der Waals surface area contributed by atoms with Crippen LogP contribution in [0.5, 0.6) is 11.5 Å². The summed E-state index contributed by atoms with van der Waals surface area (Å²) in [6, 6.07) is 12.3. The molecule has 1 amide bonds. The summed E-state index contributed by atoms with van der Waals surface area (Å²) in [7, 11) is 3.03. The molecule has 0 bridgehead atoms. The highest BCUT2D eigenvalue weighted by Gasteiger charge is 2.37. The summed E-state index contributed by atoms with van der Waals surface area (Å²) in [5.74, 6) is 0.689. The van der Waals surface area contributed by atoms with Crippen LogP contribution >= 0.6 is 0 Å². The number of aliphatic hydroxyl groups is 1. The number of anilines is 1. The first kappa shape index (κ1) is 13.5. The Morgan fingerprint density at radius 3 is 2.29 bits per heavy atom. The van der Waals surface area contributed by atoms with E-state index < -0.39 is 6.23 Å². The first-order valence-corrected chi connectivity index (χ1v) is 6.50. The number of hydrogen-bond donors (Lipinski definition) is 1. The molecule has 2 aromatic carbocycles. The van der Waals surface area contributed by atoms with Gasteiger partial charge in [0.25, 0.3) is 5.91 Å². The molecule has 1 heterocycles. The minimum absolute atomic E-state index is 0.260. The first-order valence-electron chi connectivity index (χ1n) is 6.50. The van der Waals surface area contributed by atoms with E-state index in [9.17, 15) is 9.90 Å². The molecule has 0 aromatic heterocycles. The van der Waals surface area contributed by atoms with Crippen LogP contribution in [0.1, 0.15) is 22.1 Å². The monoisotopic (exact) mass is 285 g/mol. The molecule has 1 aliphatic heterocycles. The number of amides is 1. The van der Waals surface area contributed by atoms with Crippen molar-refractivity contribution in [3.05, 3.63) is 53.6 Å². The fourth-order valence-electron chi connectivity index (χ4n) is 2.52. The number of para-hydroxylation sites is 1. The number of hydrogen-bond acceptors (Lipinski definition) is 4. The molecular formula is C16H15NO4. The standard InChI is InChI=1S/C16H15NO4/c1-20-13-8-11-12(9-14(13)21-2)16(19)17(15(11)18)10-6-4-3-5-7-10/h3-9,15,18H,1-2H3. The maximum Gasteiger partial charge on any atom is 0.261 e. The predicted octanol–water partition coefficient (Wildman–Crippen LogP) is 2.36. The van der Waals surface area contributed by atoms with E-state index >= 15 is 0 Å². The van der Waals surface area contributed by atoms with Crippen molar-refractivity contribution in [2.45, 2.75) is 6.23 Å². The smallest absolute Gasteiger partial charge is 0.261 e. The molecule has 0 fully saturated rings. The Labute approximate surface area is 122 Å². The van der Waals surface area contributed by atoms with Crippen LogP contribution in [0.4, 0.5) is 5.69 Å². The van der Waals surface area contributed by atoms with Crippen LogP contribution in [0.2, 0.25) is 0 Å². The average Bonchev–Trinajstić information content (AvgIpc) is 2.77.